The summed E-state index contributed by atoms with van der Waals surface area (Å²) in [5, 5.41) is 3.73. The van der Waals surface area contributed by atoms with Gasteiger partial charge in [0.05, 0.1) is 22.3 Å². The molecule has 1 N–H and O–H groups in total. The maximum atomic E-state index is 11.8. The van der Waals surface area contributed by atoms with Crippen LogP contribution in [0.3, 0.4) is 0 Å². The van der Waals surface area contributed by atoms with E-state index in [2.05, 4.69) is 10.3 Å². The Labute approximate surface area is 167 Å². The van der Waals surface area contributed by atoms with Crippen LogP contribution in [0.15, 0.2) is 48.5 Å². The summed E-state index contributed by atoms with van der Waals surface area (Å²) in [6.07, 6.45) is 1.63. The molecule has 0 aliphatic heterocycles. The normalized spacial score (nSPS) is 10.6. The molecule has 0 aliphatic carbocycles. The number of rotatable bonds is 9. The molecule has 1 amide bonds. The van der Waals surface area contributed by atoms with Gasteiger partial charge in [0.25, 0.3) is 5.91 Å². The van der Waals surface area contributed by atoms with E-state index in [1.54, 1.807) is 18.4 Å². The summed E-state index contributed by atoms with van der Waals surface area (Å²) in [5.74, 6) is 0.0610. The van der Waals surface area contributed by atoms with Crippen LogP contribution in [-0.2, 0) is 27.3 Å². The SMILES string of the molecule is COc1ccc(CNC(=O)COC(=O)CCCc2nc3ccccc3s2)cc1. The molecule has 0 saturated heterocycles. The predicted molar refractivity (Wildman–Crippen MR) is 108 cm³/mol. The van der Waals surface area contributed by atoms with Gasteiger partial charge in [0, 0.05) is 13.0 Å². The summed E-state index contributed by atoms with van der Waals surface area (Å²) in [6, 6.07) is 15.4. The van der Waals surface area contributed by atoms with Crippen molar-refractivity contribution in [2.75, 3.05) is 13.7 Å². The lowest BCUT2D eigenvalue weighted by Gasteiger charge is -2.07. The largest absolute Gasteiger partial charge is 0.497 e. The van der Waals surface area contributed by atoms with E-state index in [9.17, 15) is 9.59 Å². The van der Waals surface area contributed by atoms with Crippen molar-refractivity contribution in [1.29, 1.82) is 0 Å². The highest BCUT2D eigenvalue weighted by Crippen LogP contribution is 2.22. The average molecular weight is 398 g/mol. The number of nitrogens with one attached hydrogen (secondary N) is 1. The van der Waals surface area contributed by atoms with E-state index in [0.717, 1.165) is 33.0 Å². The van der Waals surface area contributed by atoms with Gasteiger partial charge in [-0.3, -0.25) is 9.59 Å². The molecule has 28 heavy (non-hydrogen) atoms. The number of aryl methyl sites for hydroxylation is 1. The Morgan fingerprint density at radius 3 is 2.64 bits per heavy atom. The van der Waals surface area contributed by atoms with E-state index in [1.807, 2.05) is 48.5 Å². The number of hydrogen-bond acceptors (Lipinski definition) is 6. The number of esters is 1. The Balaban J connectivity index is 1.32. The molecule has 2 aromatic carbocycles. The first-order valence-electron chi connectivity index (χ1n) is 9.04. The number of aromatic nitrogens is 1. The molecule has 0 fully saturated rings. The van der Waals surface area contributed by atoms with Gasteiger partial charge in [0.1, 0.15) is 5.75 Å². The van der Waals surface area contributed by atoms with Crippen LogP contribution in [0.5, 0.6) is 5.75 Å². The van der Waals surface area contributed by atoms with Gasteiger partial charge in [-0.25, -0.2) is 4.98 Å². The van der Waals surface area contributed by atoms with Gasteiger partial charge in [0.15, 0.2) is 6.61 Å². The monoisotopic (exact) mass is 398 g/mol. The highest BCUT2D eigenvalue weighted by Gasteiger charge is 2.09. The van der Waals surface area contributed by atoms with Crippen LogP contribution in [0, 0.1) is 0 Å². The lowest BCUT2D eigenvalue weighted by Crippen LogP contribution is -2.28. The summed E-state index contributed by atoms with van der Waals surface area (Å²) in [6.45, 7) is 0.105. The van der Waals surface area contributed by atoms with Crippen LogP contribution in [0.1, 0.15) is 23.4 Å². The number of hydrogen-bond donors (Lipinski definition) is 1. The van der Waals surface area contributed by atoms with E-state index in [-0.39, 0.29) is 24.9 Å². The predicted octanol–water partition coefficient (Wildman–Crippen LogP) is 3.49. The number of amides is 1. The zero-order valence-corrected chi connectivity index (χ0v) is 16.5. The first kappa shape index (κ1) is 19.8. The molecule has 0 bridgehead atoms. The van der Waals surface area contributed by atoms with Gasteiger partial charge in [-0.1, -0.05) is 24.3 Å². The first-order chi connectivity index (χ1) is 13.6. The van der Waals surface area contributed by atoms with E-state index in [0.29, 0.717) is 13.0 Å². The summed E-state index contributed by atoms with van der Waals surface area (Å²) < 4.78 is 11.3. The van der Waals surface area contributed by atoms with Crippen LogP contribution in [0.2, 0.25) is 0 Å². The van der Waals surface area contributed by atoms with Crippen LogP contribution < -0.4 is 10.1 Å². The van der Waals surface area contributed by atoms with E-state index < -0.39 is 0 Å². The molecule has 0 spiro atoms. The minimum absolute atomic E-state index is 0.266. The Morgan fingerprint density at radius 1 is 1.11 bits per heavy atom. The molecular formula is C21H22N2O4S. The van der Waals surface area contributed by atoms with Crippen molar-refractivity contribution < 1.29 is 19.1 Å². The molecule has 1 heterocycles. The lowest BCUT2D eigenvalue weighted by molar-refractivity contribution is -0.148. The molecule has 0 atom stereocenters. The average Bonchev–Trinajstić information content (AvgIpc) is 3.14. The van der Waals surface area contributed by atoms with Crippen LogP contribution in [0.25, 0.3) is 10.2 Å². The topological polar surface area (TPSA) is 77.5 Å². The molecule has 146 valence electrons. The van der Waals surface area contributed by atoms with E-state index >= 15 is 0 Å². The quantitative estimate of drug-likeness (QED) is 0.558. The van der Waals surface area contributed by atoms with Crippen LogP contribution >= 0.6 is 11.3 Å². The number of nitrogens with zero attached hydrogens (tertiary/aromatic N) is 1. The third-order valence-electron chi connectivity index (χ3n) is 4.12. The maximum absolute atomic E-state index is 11.8. The number of carbonyl (C=O) groups is 2. The van der Waals surface area contributed by atoms with E-state index in [1.165, 1.54) is 0 Å². The second-order valence-electron chi connectivity index (χ2n) is 6.21. The van der Waals surface area contributed by atoms with Crippen molar-refractivity contribution in [3.05, 3.63) is 59.1 Å². The Morgan fingerprint density at radius 2 is 1.89 bits per heavy atom. The number of carbonyl (C=O) groups excluding carboxylic acids is 2. The van der Waals surface area contributed by atoms with Crippen molar-refractivity contribution in [2.24, 2.45) is 0 Å². The van der Waals surface area contributed by atoms with Crippen molar-refractivity contribution in [2.45, 2.75) is 25.8 Å². The minimum Gasteiger partial charge on any atom is -0.497 e. The van der Waals surface area contributed by atoms with Gasteiger partial charge in [-0.2, -0.15) is 0 Å². The summed E-state index contributed by atoms with van der Waals surface area (Å²) in [4.78, 5) is 28.2. The smallest absolute Gasteiger partial charge is 0.306 e. The lowest BCUT2D eigenvalue weighted by atomic mass is 10.2. The van der Waals surface area contributed by atoms with Crippen LogP contribution in [-0.4, -0.2) is 30.6 Å². The second-order valence-corrected chi connectivity index (χ2v) is 7.33. The molecular weight excluding hydrogens is 376 g/mol. The molecule has 7 heteroatoms. The fourth-order valence-electron chi connectivity index (χ4n) is 2.62. The molecule has 1 aromatic heterocycles. The third kappa shape index (κ3) is 5.79. The van der Waals surface area contributed by atoms with Crippen molar-refractivity contribution >= 4 is 33.4 Å². The number of fused-ring (bicyclic) bond motifs is 1. The standard InChI is InChI=1S/C21H22N2O4S/c1-26-16-11-9-15(10-12-16)13-22-19(24)14-27-21(25)8-4-7-20-23-17-5-2-3-6-18(17)28-20/h2-3,5-6,9-12H,4,7-8,13-14H2,1H3,(H,22,24). The molecule has 0 unspecified atom stereocenters. The summed E-state index contributed by atoms with van der Waals surface area (Å²) in [7, 11) is 1.60. The maximum Gasteiger partial charge on any atom is 0.306 e. The number of methoxy groups -OCH3 is 1. The molecule has 0 aliphatic rings. The van der Waals surface area contributed by atoms with Gasteiger partial charge >= 0.3 is 5.97 Å². The van der Waals surface area contributed by atoms with E-state index in [4.69, 9.17) is 9.47 Å². The Hall–Kier alpha value is -2.93. The van der Waals surface area contributed by atoms with Gasteiger partial charge in [-0.05, 0) is 42.7 Å². The fraction of sp³-hybridized carbons (Fsp3) is 0.286. The number of para-hydroxylation sites is 1. The van der Waals surface area contributed by atoms with Crippen molar-refractivity contribution in [1.82, 2.24) is 10.3 Å². The molecule has 3 rings (SSSR count). The third-order valence-corrected chi connectivity index (χ3v) is 5.22. The highest BCUT2D eigenvalue weighted by atomic mass is 32.1. The molecule has 0 saturated carbocycles. The number of benzene rings is 2. The van der Waals surface area contributed by atoms with Gasteiger partial charge in [-0.15, -0.1) is 11.3 Å². The second kappa shape index (κ2) is 9.85. The molecule has 3 aromatic rings. The first-order valence-corrected chi connectivity index (χ1v) is 9.85. The molecule has 6 nitrogen and oxygen atoms in total. The Kier molecular flexibility index (Phi) is 6.97. The summed E-state index contributed by atoms with van der Waals surface area (Å²) >= 11 is 1.64. The van der Waals surface area contributed by atoms with Crippen molar-refractivity contribution in [3.8, 4) is 5.75 Å². The number of ether oxygens (including phenoxy) is 2. The fourth-order valence-corrected chi connectivity index (χ4v) is 3.63. The van der Waals surface area contributed by atoms with Gasteiger partial charge in [0.2, 0.25) is 0 Å². The van der Waals surface area contributed by atoms with Crippen LogP contribution in [0.4, 0.5) is 0 Å². The summed E-state index contributed by atoms with van der Waals surface area (Å²) in [5.41, 5.74) is 1.93. The highest BCUT2D eigenvalue weighted by molar-refractivity contribution is 7.18. The Bertz CT molecular complexity index is 904. The van der Waals surface area contributed by atoms with Gasteiger partial charge < -0.3 is 14.8 Å². The zero-order chi connectivity index (χ0) is 19.8. The number of thiazole rings is 1. The van der Waals surface area contributed by atoms with Crippen molar-refractivity contribution in [3.63, 3.8) is 0 Å². The minimum atomic E-state index is -0.374. The zero-order valence-electron chi connectivity index (χ0n) is 15.6. The molecule has 0 radical (unpaired) electrons.